The predicted molar refractivity (Wildman–Crippen MR) is 53.4 cm³/mol. The van der Waals surface area contributed by atoms with Crippen molar-refractivity contribution in [3.05, 3.63) is 11.9 Å². The van der Waals surface area contributed by atoms with Gasteiger partial charge in [0.25, 0.3) is 0 Å². The summed E-state index contributed by atoms with van der Waals surface area (Å²) in [5, 5.41) is 16.4. The van der Waals surface area contributed by atoms with Crippen molar-refractivity contribution >= 4 is 0 Å². The molecule has 0 N–H and O–H groups in total. The third kappa shape index (κ3) is 3.56. The van der Waals surface area contributed by atoms with E-state index in [1.807, 2.05) is 10.9 Å². The molecule has 0 spiro atoms. The highest BCUT2D eigenvalue weighted by atomic mass is 15.4. The highest BCUT2D eigenvalue weighted by Gasteiger charge is 2.01. The summed E-state index contributed by atoms with van der Waals surface area (Å²) in [5.41, 5.74) is 0.987. The zero-order valence-electron chi connectivity index (χ0n) is 8.77. The van der Waals surface area contributed by atoms with E-state index in [1.165, 1.54) is 0 Å². The fourth-order valence-corrected chi connectivity index (χ4v) is 1.26. The lowest BCUT2D eigenvalue weighted by molar-refractivity contribution is 0.472. The molecule has 0 aliphatic heterocycles. The third-order valence-corrected chi connectivity index (χ3v) is 1.86. The topological polar surface area (TPSA) is 54.5 Å². The molecular formula is C10H16N4. The minimum atomic E-state index is 0.587. The number of aryl methyl sites for hydroxylation is 1. The van der Waals surface area contributed by atoms with Gasteiger partial charge in [0, 0.05) is 19.2 Å². The second-order valence-electron chi connectivity index (χ2n) is 3.84. The molecule has 0 aliphatic carbocycles. The Balaban J connectivity index is 2.39. The lowest BCUT2D eigenvalue weighted by Crippen LogP contribution is -2.04. The molecule has 1 heterocycles. The fourth-order valence-electron chi connectivity index (χ4n) is 1.26. The lowest BCUT2D eigenvalue weighted by atomic mass is 10.2. The van der Waals surface area contributed by atoms with Crippen LogP contribution < -0.4 is 0 Å². The van der Waals surface area contributed by atoms with Crippen LogP contribution in [0.15, 0.2) is 6.20 Å². The SMILES string of the molecule is CC(C)Cn1cc(CCCC#N)nn1. The molecule has 0 unspecified atom stereocenters. The quantitative estimate of drug-likeness (QED) is 0.668. The number of unbranched alkanes of at least 4 members (excludes halogenated alkanes) is 1. The first-order valence-electron chi connectivity index (χ1n) is 4.98. The maximum atomic E-state index is 8.38. The minimum absolute atomic E-state index is 0.587. The first kappa shape index (κ1) is 10.7. The zero-order valence-corrected chi connectivity index (χ0v) is 8.77. The minimum Gasteiger partial charge on any atom is -0.252 e. The van der Waals surface area contributed by atoms with E-state index >= 15 is 0 Å². The Morgan fingerprint density at radius 3 is 3.00 bits per heavy atom. The molecule has 0 aliphatic rings. The number of hydrogen-bond acceptors (Lipinski definition) is 3. The maximum absolute atomic E-state index is 8.38. The van der Waals surface area contributed by atoms with Crippen LogP contribution in [0, 0.1) is 17.2 Å². The van der Waals surface area contributed by atoms with E-state index in [0.717, 1.165) is 25.1 Å². The van der Waals surface area contributed by atoms with Gasteiger partial charge in [0.15, 0.2) is 0 Å². The van der Waals surface area contributed by atoms with E-state index in [0.29, 0.717) is 12.3 Å². The molecule has 4 heteroatoms. The summed E-state index contributed by atoms with van der Waals surface area (Å²) in [5.74, 6) is 0.587. The Kier molecular flexibility index (Phi) is 4.11. The molecule has 0 saturated heterocycles. The first-order valence-corrected chi connectivity index (χ1v) is 4.98. The molecule has 0 saturated carbocycles. The summed E-state index contributed by atoms with van der Waals surface area (Å²) in [6.07, 6.45) is 4.29. The molecule has 1 aromatic heterocycles. The summed E-state index contributed by atoms with van der Waals surface area (Å²) in [6.45, 7) is 5.21. The van der Waals surface area contributed by atoms with E-state index in [-0.39, 0.29) is 0 Å². The summed E-state index contributed by atoms with van der Waals surface area (Å²) in [4.78, 5) is 0. The smallest absolute Gasteiger partial charge is 0.0827 e. The number of nitriles is 1. The van der Waals surface area contributed by atoms with Crippen molar-refractivity contribution in [2.24, 2.45) is 5.92 Å². The highest BCUT2D eigenvalue weighted by Crippen LogP contribution is 2.02. The monoisotopic (exact) mass is 192 g/mol. The van der Waals surface area contributed by atoms with Crippen molar-refractivity contribution in [2.75, 3.05) is 0 Å². The largest absolute Gasteiger partial charge is 0.252 e. The van der Waals surface area contributed by atoms with Crippen LogP contribution in [0.25, 0.3) is 0 Å². The molecule has 0 bridgehead atoms. The van der Waals surface area contributed by atoms with Crippen LogP contribution in [0.1, 0.15) is 32.4 Å². The van der Waals surface area contributed by atoms with E-state index in [2.05, 4.69) is 30.2 Å². The Bertz CT molecular complexity index is 308. The Morgan fingerprint density at radius 1 is 1.57 bits per heavy atom. The summed E-state index contributed by atoms with van der Waals surface area (Å²) >= 11 is 0. The standard InChI is InChI=1S/C10H16N4/c1-9(2)7-14-8-10(12-13-14)5-3-4-6-11/h8-9H,3-5,7H2,1-2H3. The van der Waals surface area contributed by atoms with E-state index in [4.69, 9.17) is 5.26 Å². The van der Waals surface area contributed by atoms with Gasteiger partial charge >= 0.3 is 0 Å². The number of aromatic nitrogens is 3. The van der Waals surface area contributed by atoms with Crippen molar-refractivity contribution < 1.29 is 0 Å². The van der Waals surface area contributed by atoms with Crippen LogP contribution in [0.3, 0.4) is 0 Å². The van der Waals surface area contributed by atoms with E-state index in [9.17, 15) is 0 Å². The summed E-state index contributed by atoms with van der Waals surface area (Å²) < 4.78 is 1.87. The van der Waals surface area contributed by atoms with Crippen LogP contribution in [0.4, 0.5) is 0 Å². The molecule has 0 aromatic carbocycles. The Labute approximate surface area is 84.5 Å². The van der Waals surface area contributed by atoms with Crippen LogP contribution in [0.5, 0.6) is 0 Å². The number of nitrogens with zero attached hydrogens (tertiary/aromatic N) is 4. The van der Waals surface area contributed by atoms with Crippen LogP contribution in [0.2, 0.25) is 0 Å². The van der Waals surface area contributed by atoms with Gasteiger partial charge in [-0.2, -0.15) is 5.26 Å². The molecule has 1 aromatic rings. The average molecular weight is 192 g/mol. The van der Waals surface area contributed by atoms with Crippen molar-refractivity contribution in [1.82, 2.24) is 15.0 Å². The second kappa shape index (κ2) is 5.38. The van der Waals surface area contributed by atoms with Crippen molar-refractivity contribution in [1.29, 1.82) is 5.26 Å². The van der Waals surface area contributed by atoms with E-state index < -0.39 is 0 Å². The second-order valence-corrected chi connectivity index (χ2v) is 3.84. The van der Waals surface area contributed by atoms with Crippen molar-refractivity contribution in [2.45, 2.75) is 39.7 Å². The van der Waals surface area contributed by atoms with Gasteiger partial charge in [0.1, 0.15) is 0 Å². The Hall–Kier alpha value is -1.37. The molecule has 4 nitrogen and oxygen atoms in total. The molecule has 76 valence electrons. The van der Waals surface area contributed by atoms with Gasteiger partial charge in [-0.05, 0) is 18.8 Å². The maximum Gasteiger partial charge on any atom is 0.0827 e. The molecule has 0 radical (unpaired) electrons. The molecule has 0 amide bonds. The average Bonchev–Trinajstić information content (AvgIpc) is 2.52. The van der Waals surface area contributed by atoms with Crippen molar-refractivity contribution in [3.8, 4) is 6.07 Å². The fraction of sp³-hybridized carbons (Fsp3) is 0.700. The first-order chi connectivity index (χ1) is 6.72. The van der Waals surface area contributed by atoms with Gasteiger partial charge in [-0.25, -0.2) is 0 Å². The third-order valence-electron chi connectivity index (χ3n) is 1.86. The predicted octanol–water partition coefficient (Wildman–Crippen LogP) is 1.78. The number of hydrogen-bond donors (Lipinski definition) is 0. The van der Waals surface area contributed by atoms with Gasteiger partial charge in [-0.3, -0.25) is 4.68 Å². The summed E-state index contributed by atoms with van der Waals surface area (Å²) in [6, 6.07) is 2.12. The Morgan fingerprint density at radius 2 is 2.36 bits per heavy atom. The van der Waals surface area contributed by atoms with Gasteiger partial charge < -0.3 is 0 Å². The van der Waals surface area contributed by atoms with Crippen molar-refractivity contribution in [3.63, 3.8) is 0 Å². The van der Waals surface area contributed by atoms with Gasteiger partial charge in [0.05, 0.1) is 11.8 Å². The lowest BCUT2D eigenvalue weighted by Gasteiger charge is -2.01. The molecular weight excluding hydrogens is 176 g/mol. The van der Waals surface area contributed by atoms with Crippen LogP contribution in [-0.4, -0.2) is 15.0 Å². The summed E-state index contributed by atoms with van der Waals surface area (Å²) in [7, 11) is 0. The van der Waals surface area contributed by atoms with Crippen LogP contribution >= 0.6 is 0 Å². The molecule has 1 rings (SSSR count). The van der Waals surface area contributed by atoms with Gasteiger partial charge in [0.2, 0.25) is 0 Å². The molecule has 14 heavy (non-hydrogen) atoms. The van der Waals surface area contributed by atoms with E-state index in [1.54, 1.807) is 0 Å². The normalized spacial score (nSPS) is 10.4. The zero-order chi connectivity index (χ0) is 10.4. The molecule has 0 atom stereocenters. The van der Waals surface area contributed by atoms with Gasteiger partial charge in [-0.15, -0.1) is 5.10 Å². The van der Waals surface area contributed by atoms with Crippen LogP contribution in [-0.2, 0) is 13.0 Å². The van der Waals surface area contributed by atoms with Gasteiger partial charge in [-0.1, -0.05) is 19.1 Å². The molecule has 0 fully saturated rings. The number of rotatable bonds is 5. The highest BCUT2D eigenvalue weighted by molar-refractivity contribution is 4.93.